The van der Waals surface area contributed by atoms with Gasteiger partial charge in [0, 0.05) is 12.3 Å². The molecular weight excluding hydrogens is 124 g/mol. The Morgan fingerprint density at radius 1 is 1.30 bits per heavy atom. The molecule has 10 heavy (non-hydrogen) atoms. The van der Waals surface area contributed by atoms with Crippen LogP contribution in [0.1, 0.15) is 26.7 Å². The summed E-state index contributed by atoms with van der Waals surface area (Å²) >= 11 is 0. The molecule has 2 aliphatic carbocycles. The molecule has 56 valence electrons. The van der Waals surface area contributed by atoms with Crippen molar-refractivity contribution in [1.82, 2.24) is 0 Å². The summed E-state index contributed by atoms with van der Waals surface area (Å²) in [6, 6.07) is 0. The average Bonchev–Trinajstić information content (AvgIpc) is 2.36. The molecule has 0 aromatic rings. The summed E-state index contributed by atoms with van der Waals surface area (Å²) < 4.78 is 0. The van der Waals surface area contributed by atoms with Crippen molar-refractivity contribution < 1.29 is 4.79 Å². The van der Waals surface area contributed by atoms with Gasteiger partial charge in [0.05, 0.1) is 0 Å². The normalized spacial score (nSPS) is 52.4. The molecule has 1 heteroatoms. The fourth-order valence-electron chi connectivity index (χ4n) is 2.65. The number of carbonyl (C=O) groups excluding carboxylic acids is 1. The SMILES string of the molecule is C[C@@H]1[C@@H](C)[C@@H]2CC(=O)[C@@H]1C2. The minimum absolute atomic E-state index is 0.444. The van der Waals surface area contributed by atoms with Gasteiger partial charge in [0.25, 0.3) is 0 Å². The van der Waals surface area contributed by atoms with E-state index in [0.29, 0.717) is 17.6 Å². The first-order valence-electron chi connectivity index (χ1n) is 4.23. The smallest absolute Gasteiger partial charge is 0.136 e. The molecule has 2 fully saturated rings. The predicted octanol–water partition coefficient (Wildman–Crippen LogP) is 1.87. The van der Waals surface area contributed by atoms with Crippen LogP contribution < -0.4 is 0 Å². The third kappa shape index (κ3) is 0.609. The van der Waals surface area contributed by atoms with Crippen LogP contribution in [0.25, 0.3) is 0 Å². The molecule has 1 nitrogen and oxygen atoms in total. The Labute approximate surface area is 61.8 Å². The Bertz CT molecular complexity index is 172. The van der Waals surface area contributed by atoms with Crippen LogP contribution in [-0.4, -0.2) is 5.78 Å². The monoisotopic (exact) mass is 138 g/mol. The highest BCUT2D eigenvalue weighted by Crippen LogP contribution is 2.49. The fourth-order valence-corrected chi connectivity index (χ4v) is 2.65. The van der Waals surface area contributed by atoms with Crippen LogP contribution in [0.15, 0.2) is 0 Å². The summed E-state index contributed by atoms with van der Waals surface area (Å²) in [4.78, 5) is 11.2. The minimum atomic E-state index is 0.444. The number of ketones is 1. The zero-order valence-electron chi connectivity index (χ0n) is 6.63. The van der Waals surface area contributed by atoms with Gasteiger partial charge in [-0.3, -0.25) is 4.79 Å². The summed E-state index contributed by atoms with van der Waals surface area (Å²) in [5, 5.41) is 0. The topological polar surface area (TPSA) is 17.1 Å². The summed E-state index contributed by atoms with van der Waals surface area (Å²) in [7, 11) is 0. The molecule has 0 heterocycles. The molecule has 0 N–H and O–H groups in total. The van der Waals surface area contributed by atoms with Gasteiger partial charge < -0.3 is 0 Å². The fraction of sp³-hybridized carbons (Fsp3) is 0.889. The maximum atomic E-state index is 11.2. The molecule has 0 saturated heterocycles. The average molecular weight is 138 g/mol. The third-order valence-electron chi connectivity index (χ3n) is 3.64. The highest BCUT2D eigenvalue weighted by Gasteiger charge is 2.47. The van der Waals surface area contributed by atoms with Crippen LogP contribution in [0.2, 0.25) is 0 Å². The van der Waals surface area contributed by atoms with Crippen LogP contribution in [0.4, 0.5) is 0 Å². The molecule has 4 atom stereocenters. The van der Waals surface area contributed by atoms with Gasteiger partial charge in [0.2, 0.25) is 0 Å². The zero-order chi connectivity index (χ0) is 7.30. The Morgan fingerprint density at radius 2 is 2.00 bits per heavy atom. The van der Waals surface area contributed by atoms with Gasteiger partial charge in [-0.1, -0.05) is 13.8 Å². The molecule has 0 aromatic heterocycles. The highest BCUT2D eigenvalue weighted by atomic mass is 16.1. The van der Waals surface area contributed by atoms with E-state index in [2.05, 4.69) is 13.8 Å². The van der Waals surface area contributed by atoms with E-state index < -0.39 is 0 Å². The second kappa shape index (κ2) is 1.84. The lowest BCUT2D eigenvalue weighted by Gasteiger charge is -2.23. The van der Waals surface area contributed by atoms with E-state index in [9.17, 15) is 4.79 Å². The van der Waals surface area contributed by atoms with Crippen molar-refractivity contribution in [3.63, 3.8) is 0 Å². The van der Waals surface area contributed by atoms with Crippen molar-refractivity contribution in [3.05, 3.63) is 0 Å². The first-order chi connectivity index (χ1) is 4.70. The van der Waals surface area contributed by atoms with Gasteiger partial charge in [-0.25, -0.2) is 0 Å². The van der Waals surface area contributed by atoms with Crippen LogP contribution in [-0.2, 0) is 4.79 Å². The Morgan fingerprint density at radius 3 is 2.40 bits per heavy atom. The summed E-state index contributed by atoms with van der Waals surface area (Å²) in [6.07, 6.45) is 2.08. The lowest BCUT2D eigenvalue weighted by atomic mass is 9.81. The van der Waals surface area contributed by atoms with Crippen LogP contribution >= 0.6 is 0 Å². The van der Waals surface area contributed by atoms with E-state index in [-0.39, 0.29) is 0 Å². The van der Waals surface area contributed by atoms with E-state index in [0.717, 1.165) is 18.3 Å². The van der Waals surface area contributed by atoms with E-state index >= 15 is 0 Å². The standard InChI is InChI=1S/C9H14O/c1-5-6(2)8-3-7(5)4-9(8)10/h5-8H,3-4H2,1-2H3/t5-,6-,7+,8-/m1/s1. The van der Waals surface area contributed by atoms with Crippen molar-refractivity contribution in [2.75, 3.05) is 0 Å². The molecule has 0 aromatic carbocycles. The van der Waals surface area contributed by atoms with Crippen LogP contribution in [0.3, 0.4) is 0 Å². The van der Waals surface area contributed by atoms with Crippen molar-refractivity contribution in [1.29, 1.82) is 0 Å². The summed E-state index contributed by atoms with van der Waals surface area (Å²) in [6.45, 7) is 4.52. The molecule has 0 radical (unpaired) electrons. The maximum absolute atomic E-state index is 11.2. The molecule has 0 aliphatic heterocycles. The number of Topliss-reactive ketones (excluding diaryl/α,β-unsaturated/α-hetero) is 1. The second-order valence-corrected chi connectivity index (χ2v) is 3.99. The Balaban J connectivity index is 2.24. The van der Waals surface area contributed by atoms with Crippen LogP contribution in [0, 0.1) is 23.7 Å². The van der Waals surface area contributed by atoms with Gasteiger partial charge in [0.15, 0.2) is 0 Å². The summed E-state index contributed by atoms with van der Waals surface area (Å²) in [5.41, 5.74) is 0. The van der Waals surface area contributed by atoms with E-state index in [4.69, 9.17) is 0 Å². The van der Waals surface area contributed by atoms with Gasteiger partial charge in [0.1, 0.15) is 5.78 Å². The van der Waals surface area contributed by atoms with E-state index in [1.807, 2.05) is 0 Å². The Kier molecular flexibility index (Phi) is 1.17. The molecule has 0 spiro atoms. The van der Waals surface area contributed by atoms with Crippen molar-refractivity contribution in [2.24, 2.45) is 23.7 Å². The molecule has 2 bridgehead atoms. The zero-order valence-corrected chi connectivity index (χ0v) is 6.63. The lowest BCUT2D eigenvalue weighted by molar-refractivity contribution is -0.123. The largest absolute Gasteiger partial charge is 0.299 e. The molecule has 2 rings (SSSR count). The van der Waals surface area contributed by atoms with Gasteiger partial charge in [-0.05, 0) is 24.2 Å². The predicted molar refractivity (Wildman–Crippen MR) is 39.5 cm³/mol. The lowest BCUT2D eigenvalue weighted by Crippen LogP contribution is -2.23. The number of hydrogen-bond acceptors (Lipinski definition) is 1. The first kappa shape index (κ1) is 6.38. The minimum Gasteiger partial charge on any atom is -0.299 e. The maximum Gasteiger partial charge on any atom is 0.136 e. The van der Waals surface area contributed by atoms with Gasteiger partial charge in [-0.2, -0.15) is 0 Å². The number of carbonyl (C=O) groups is 1. The quantitative estimate of drug-likeness (QED) is 0.499. The summed E-state index contributed by atoms with van der Waals surface area (Å²) in [5.74, 6) is 3.21. The molecule has 2 aliphatic rings. The molecule has 0 amide bonds. The van der Waals surface area contributed by atoms with Crippen molar-refractivity contribution in [3.8, 4) is 0 Å². The van der Waals surface area contributed by atoms with E-state index in [1.54, 1.807) is 0 Å². The van der Waals surface area contributed by atoms with E-state index in [1.165, 1.54) is 6.42 Å². The van der Waals surface area contributed by atoms with Crippen LogP contribution in [0.5, 0.6) is 0 Å². The molecular formula is C9H14O. The van der Waals surface area contributed by atoms with Crippen molar-refractivity contribution in [2.45, 2.75) is 26.7 Å². The third-order valence-corrected chi connectivity index (χ3v) is 3.64. The second-order valence-electron chi connectivity index (χ2n) is 3.99. The van der Waals surface area contributed by atoms with Crippen molar-refractivity contribution >= 4 is 5.78 Å². The first-order valence-corrected chi connectivity index (χ1v) is 4.23. The Hall–Kier alpha value is -0.330. The van der Waals surface area contributed by atoms with Gasteiger partial charge in [-0.15, -0.1) is 0 Å². The number of hydrogen-bond donors (Lipinski definition) is 0. The highest BCUT2D eigenvalue weighted by molar-refractivity contribution is 5.84. The number of rotatable bonds is 0. The molecule has 2 saturated carbocycles. The van der Waals surface area contributed by atoms with Gasteiger partial charge >= 0.3 is 0 Å². The number of fused-ring (bicyclic) bond motifs is 2. The molecule has 0 unspecified atom stereocenters.